The fourth-order valence-corrected chi connectivity index (χ4v) is 2.23. The number of nitrogens with one attached hydrogen (secondary N) is 1. The Balaban J connectivity index is 1.54. The highest BCUT2D eigenvalue weighted by molar-refractivity contribution is 5.93. The summed E-state index contributed by atoms with van der Waals surface area (Å²) in [6, 6.07) is 7.72. The van der Waals surface area contributed by atoms with Gasteiger partial charge in [-0.15, -0.1) is 0 Å². The molecule has 0 spiro atoms. The first-order valence-corrected chi connectivity index (χ1v) is 7.91. The van der Waals surface area contributed by atoms with E-state index in [9.17, 15) is 9.18 Å². The van der Waals surface area contributed by atoms with Gasteiger partial charge in [0.05, 0.1) is 18.8 Å². The SMILES string of the molecule is O=C(NCc1ccc(F)c(CO)c1)c1ccc(OCC2CC2)nc1. The number of carbonyl (C=O) groups excluding carboxylic acids is 1. The summed E-state index contributed by atoms with van der Waals surface area (Å²) in [7, 11) is 0. The number of halogens is 1. The Kier molecular flexibility index (Phi) is 5.05. The zero-order valence-electron chi connectivity index (χ0n) is 13.2. The minimum Gasteiger partial charge on any atom is -0.477 e. The largest absolute Gasteiger partial charge is 0.477 e. The van der Waals surface area contributed by atoms with Gasteiger partial charge in [-0.05, 0) is 42.5 Å². The third kappa shape index (κ3) is 4.29. The van der Waals surface area contributed by atoms with Crippen molar-refractivity contribution in [2.24, 2.45) is 5.92 Å². The molecule has 1 amide bonds. The monoisotopic (exact) mass is 330 g/mol. The summed E-state index contributed by atoms with van der Waals surface area (Å²) in [5.74, 6) is 0.434. The van der Waals surface area contributed by atoms with Gasteiger partial charge in [0.2, 0.25) is 5.88 Å². The fraction of sp³-hybridized carbons (Fsp3) is 0.333. The molecule has 0 saturated heterocycles. The smallest absolute Gasteiger partial charge is 0.253 e. The van der Waals surface area contributed by atoms with Crippen LogP contribution in [-0.4, -0.2) is 22.6 Å². The summed E-state index contributed by atoms with van der Waals surface area (Å²) in [5, 5.41) is 11.8. The van der Waals surface area contributed by atoms with Crippen molar-refractivity contribution in [2.45, 2.75) is 26.0 Å². The molecular weight excluding hydrogens is 311 g/mol. The molecule has 0 atom stereocenters. The Bertz CT molecular complexity index is 715. The third-order valence-electron chi connectivity index (χ3n) is 3.90. The summed E-state index contributed by atoms with van der Waals surface area (Å²) < 4.78 is 18.8. The molecule has 1 aromatic carbocycles. The molecule has 1 aromatic heterocycles. The van der Waals surface area contributed by atoms with Crippen molar-refractivity contribution in [2.75, 3.05) is 6.61 Å². The highest BCUT2D eigenvalue weighted by Gasteiger charge is 2.22. The van der Waals surface area contributed by atoms with Crippen LogP contribution in [0.15, 0.2) is 36.5 Å². The molecule has 1 heterocycles. The summed E-state index contributed by atoms with van der Waals surface area (Å²) >= 11 is 0. The van der Waals surface area contributed by atoms with Gasteiger partial charge in [-0.1, -0.05) is 6.07 Å². The standard InChI is InChI=1S/C18H19FN2O3/c19-16-5-3-13(7-15(16)10-22)8-21-18(23)14-4-6-17(20-9-14)24-11-12-1-2-12/h3-7,9,12,22H,1-2,8,10-11H2,(H,21,23). The van der Waals surface area contributed by atoms with E-state index in [0.717, 1.165) is 0 Å². The lowest BCUT2D eigenvalue weighted by molar-refractivity contribution is 0.0950. The van der Waals surface area contributed by atoms with Crippen molar-refractivity contribution in [1.82, 2.24) is 10.3 Å². The summed E-state index contributed by atoms with van der Waals surface area (Å²) in [5.41, 5.74) is 1.35. The van der Waals surface area contributed by atoms with Gasteiger partial charge in [0, 0.05) is 24.4 Å². The zero-order valence-corrected chi connectivity index (χ0v) is 13.2. The van der Waals surface area contributed by atoms with Crippen LogP contribution < -0.4 is 10.1 Å². The average molecular weight is 330 g/mol. The van der Waals surface area contributed by atoms with Crippen molar-refractivity contribution in [1.29, 1.82) is 0 Å². The summed E-state index contributed by atoms with van der Waals surface area (Å²) in [6.45, 7) is 0.544. The van der Waals surface area contributed by atoms with Gasteiger partial charge in [-0.3, -0.25) is 4.79 Å². The first kappa shape index (κ1) is 16.4. The van der Waals surface area contributed by atoms with Crippen LogP contribution in [0.5, 0.6) is 5.88 Å². The molecule has 1 fully saturated rings. The molecule has 6 heteroatoms. The Morgan fingerprint density at radius 1 is 1.33 bits per heavy atom. The molecular formula is C18H19FN2O3. The van der Waals surface area contributed by atoms with Crippen LogP contribution in [0.2, 0.25) is 0 Å². The van der Waals surface area contributed by atoms with Crippen molar-refractivity contribution >= 4 is 5.91 Å². The Morgan fingerprint density at radius 2 is 2.17 bits per heavy atom. The average Bonchev–Trinajstić information content (AvgIpc) is 3.44. The molecule has 2 N–H and O–H groups in total. The lowest BCUT2D eigenvalue weighted by Crippen LogP contribution is -2.23. The van der Waals surface area contributed by atoms with E-state index in [1.54, 1.807) is 18.2 Å². The van der Waals surface area contributed by atoms with Gasteiger partial charge < -0.3 is 15.2 Å². The Labute approximate surface area is 139 Å². The van der Waals surface area contributed by atoms with E-state index in [2.05, 4.69) is 10.3 Å². The van der Waals surface area contributed by atoms with E-state index < -0.39 is 5.82 Å². The molecule has 0 aliphatic heterocycles. The van der Waals surface area contributed by atoms with Gasteiger partial charge in [0.25, 0.3) is 5.91 Å². The lowest BCUT2D eigenvalue weighted by Gasteiger charge is -2.08. The van der Waals surface area contributed by atoms with Crippen molar-refractivity contribution in [3.05, 3.63) is 59.0 Å². The molecule has 2 aromatic rings. The van der Waals surface area contributed by atoms with E-state index in [1.807, 2.05) is 0 Å². The van der Waals surface area contributed by atoms with Gasteiger partial charge in [0.1, 0.15) is 5.82 Å². The Hall–Kier alpha value is -2.47. The van der Waals surface area contributed by atoms with E-state index >= 15 is 0 Å². The number of nitrogens with zero attached hydrogens (tertiary/aromatic N) is 1. The second kappa shape index (κ2) is 7.40. The second-order valence-electron chi connectivity index (χ2n) is 5.91. The van der Waals surface area contributed by atoms with Gasteiger partial charge in [0.15, 0.2) is 0 Å². The molecule has 0 radical (unpaired) electrons. The van der Waals surface area contributed by atoms with E-state index in [1.165, 1.54) is 31.2 Å². The number of amides is 1. The highest BCUT2D eigenvalue weighted by atomic mass is 19.1. The van der Waals surface area contributed by atoms with Crippen LogP contribution >= 0.6 is 0 Å². The fourth-order valence-electron chi connectivity index (χ4n) is 2.23. The summed E-state index contributed by atoms with van der Waals surface area (Å²) in [6.07, 6.45) is 3.89. The number of aliphatic hydroxyl groups is 1. The number of benzene rings is 1. The summed E-state index contributed by atoms with van der Waals surface area (Å²) in [4.78, 5) is 16.2. The van der Waals surface area contributed by atoms with Crippen LogP contribution in [-0.2, 0) is 13.2 Å². The molecule has 5 nitrogen and oxygen atoms in total. The molecule has 1 aliphatic rings. The van der Waals surface area contributed by atoms with Crippen molar-refractivity contribution < 1.29 is 19.0 Å². The molecule has 1 aliphatic carbocycles. The number of hydrogen-bond donors (Lipinski definition) is 2. The number of pyridine rings is 1. The van der Waals surface area contributed by atoms with E-state index in [4.69, 9.17) is 9.84 Å². The zero-order chi connectivity index (χ0) is 16.9. The second-order valence-corrected chi connectivity index (χ2v) is 5.91. The topological polar surface area (TPSA) is 71.5 Å². The number of ether oxygens (including phenoxy) is 1. The van der Waals surface area contributed by atoms with E-state index in [-0.39, 0.29) is 24.6 Å². The lowest BCUT2D eigenvalue weighted by atomic mass is 10.1. The van der Waals surface area contributed by atoms with Crippen LogP contribution in [0, 0.1) is 11.7 Å². The van der Waals surface area contributed by atoms with Crippen molar-refractivity contribution in [3.63, 3.8) is 0 Å². The van der Waals surface area contributed by atoms with E-state index in [0.29, 0.717) is 29.5 Å². The van der Waals surface area contributed by atoms with Crippen LogP contribution in [0.4, 0.5) is 4.39 Å². The number of rotatable bonds is 7. The van der Waals surface area contributed by atoms with Crippen LogP contribution in [0.1, 0.15) is 34.3 Å². The molecule has 0 bridgehead atoms. The highest BCUT2D eigenvalue weighted by Crippen LogP contribution is 2.29. The maximum Gasteiger partial charge on any atom is 0.253 e. The van der Waals surface area contributed by atoms with Crippen LogP contribution in [0.25, 0.3) is 0 Å². The Morgan fingerprint density at radius 3 is 2.83 bits per heavy atom. The number of aromatic nitrogens is 1. The first-order chi connectivity index (χ1) is 11.7. The van der Waals surface area contributed by atoms with Crippen LogP contribution in [0.3, 0.4) is 0 Å². The number of hydrogen-bond acceptors (Lipinski definition) is 4. The normalized spacial score (nSPS) is 13.6. The quantitative estimate of drug-likeness (QED) is 0.818. The van der Waals surface area contributed by atoms with Gasteiger partial charge >= 0.3 is 0 Å². The minimum absolute atomic E-state index is 0.209. The molecule has 3 rings (SSSR count). The molecule has 126 valence electrons. The predicted octanol–water partition coefficient (Wildman–Crippen LogP) is 2.43. The maximum absolute atomic E-state index is 13.3. The minimum atomic E-state index is -0.460. The molecule has 1 saturated carbocycles. The molecule has 24 heavy (non-hydrogen) atoms. The first-order valence-electron chi connectivity index (χ1n) is 7.91. The third-order valence-corrected chi connectivity index (χ3v) is 3.90. The maximum atomic E-state index is 13.3. The number of aliphatic hydroxyl groups excluding tert-OH is 1. The number of carbonyl (C=O) groups is 1. The van der Waals surface area contributed by atoms with Gasteiger partial charge in [-0.25, -0.2) is 9.37 Å². The van der Waals surface area contributed by atoms with Crippen molar-refractivity contribution in [3.8, 4) is 5.88 Å². The molecule has 0 unspecified atom stereocenters. The predicted molar refractivity (Wildman–Crippen MR) is 85.9 cm³/mol. The van der Waals surface area contributed by atoms with Gasteiger partial charge in [-0.2, -0.15) is 0 Å².